The molecular weight excluding hydrogens is 280 g/mol. The Balaban J connectivity index is 2.38. The second-order valence-electron chi connectivity index (χ2n) is 4.06. The van der Waals surface area contributed by atoms with Crippen LogP contribution in [0.1, 0.15) is 19.8 Å². The zero-order valence-corrected chi connectivity index (χ0v) is 12.3. The molecule has 1 aromatic heterocycles. The molecule has 0 aliphatic carbocycles. The van der Waals surface area contributed by atoms with Crippen molar-refractivity contribution >= 4 is 26.5 Å². The SMILES string of the molecule is CCCCN(c1nccs1)S(=O)(=O)c1ccccc1. The molecule has 4 nitrogen and oxygen atoms in total. The van der Waals surface area contributed by atoms with Crippen molar-refractivity contribution in [3.05, 3.63) is 41.9 Å². The highest BCUT2D eigenvalue weighted by Gasteiger charge is 2.25. The Labute approximate surface area is 117 Å². The number of aromatic nitrogens is 1. The van der Waals surface area contributed by atoms with Crippen LogP contribution in [-0.2, 0) is 10.0 Å². The molecule has 0 saturated heterocycles. The fraction of sp³-hybridized carbons (Fsp3) is 0.308. The molecule has 6 heteroatoms. The Morgan fingerprint density at radius 2 is 2.00 bits per heavy atom. The first-order chi connectivity index (χ1) is 9.16. The van der Waals surface area contributed by atoms with E-state index in [4.69, 9.17) is 0 Å². The number of hydrogen-bond acceptors (Lipinski definition) is 4. The second kappa shape index (κ2) is 6.16. The first kappa shape index (κ1) is 14.0. The van der Waals surface area contributed by atoms with Gasteiger partial charge in [0.15, 0.2) is 5.13 Å². The van der Waals surface area contributed by atoms with Gasteiger partial charge in [0, 0.05) is 18.1 Å². The average Bonchev–Trinajstić information content (AvgIpc) is 2.94. The molecule has 0 saturated carbocycles. The van der Waals surface area contributed by atoms with Gasteiger partial charge in [0.2, 0.25) is 0 Å². The van der Waals surface area contributed by atoms with Crippen molar-refractivity contribution < 1.29 is 8.42 Å². The van der Waals surface area contributed by atoms with Gasteiger partial charge in [-0.1, -0.05) is 31.5 Å². The molecule has 0 aliphatic rings. The lowest BCUT2D eigenvalue weighted by Gasteiger charge is -2.21. The number of sulfonamides is 1. The largest absolute Gasteiger partial charge is 0.266 e. The molecule has 0 atom stereocenters. The number of thiazole rings is 1. The topological polar surface area (TPSA) is 50.3 Å². The van der Waals surface area contributed by atoms with E-state index in [1.807, 2.05) is 6.92 Å². The van der Waals surface area contributed by atoms with Gasteiger partial charge in [-0.05, 0) is 18.6 Å². The zero-order chi connectivity index (χ0) is 13.7. The minimum absolute atomic E-state index is 0.307. The summed E-state index contributed by atoms with van der Waals surface area (Å²) in [6.07, 6.45) is 3.37. The van der Waals surface area contributed by atoms with Gasteiger partial charge >= 0.3 is 0 Å². The predicted octanol–water partition coefficient (Wildman–Crippen LogP) is 3.14. The molecule has 0 bridgehead atoms. The van der Waals surface area contributed by atoms with E-state index in [1.54, 1.807) is 41.9 Å². The molecule has 0 aliphatic heterocycles. The quantitative estimate of drug-likeness (QED) is 0.823. The van der Waals surface area contributed by atoms with Crippen molar-refractivity contribution in [2.45, 2.75) is 24.7 Å². The van der Waals surface area contributed by atoms with Gasteiger partial charge in [-0.15, -0.1) is 11.3 Å². The van der Waals surface area contributed by atoms with Crippen molar-refractivity contribution in [1.29, 1.82) is 0 Å². The molecular formula is C13H16N2O2S2. The monoisotopic (exact) mass is 296 g/mol. The Kier molecular flexibility index (Phi) is 4.55. The summed E-state index contributed by atoms with van der Waals surface area (Å²) < 4.78 is 26.7. The van der Waals surface area contributed by atoms with Gasteiger partial charge in [-0.25, -0.2) is 17.7 Å². The molecule has 2 aromatic rings. The maximum absolute atomic E-state index is 12.6. The summed E-state index contributed by atoms with van der Waals surface area (Å²) in [6, 6.07) is 8.49. The Hall–Kier alpha value is -1.40. The van der Waals surface area contributed by atoms with Crippen LogP contribution in [-0.4, -0.2) is 19.9 Å². The molecule has 1 heterocycles. The summed E-state index contributed by atoms with van der Waals surface area (Å²) in [4.78, 5) is 4.43. The van der Waals surface area contributed by atoms with Gasteiger partial charge in [0.05, 0.1) is 4.90 Å². The molecule has 0 amide bonds. The maximum Gasteiger partial charge on any atom is 0.266 e. The van der Waals surface area contributed by atoms with Crippen molar-refractivity contribution in [2.75, 3.05) is 10.8 Å². The van der Waals surface area contributed by atoms with E-state index in [1.165, 1.54) is 15.6 Å². The van der Waals surface area contributed by atoms with Crippen molar-refractivity contribution in [3.63, 3.8) is 0 Å². The van der Waals surface area contributed by atoms with E-state index < -0.39 is 10.0 Å². The first-order valence-corrected chi connectivity index (χ1v) is 8.45. The third-order valence-electron chi connectivity index (χ3n) is 2.68. The number of rotatable bonds is 6. The van der Waals surface area contributed by atoms with Crippen LogP contribution in [0, 0.1) is 0 Å². The van der Waals surface area contributed by atoms with Crippen molar-refractivity contribution in [2.24, 2.45) is 0 Å². The number of benzene rings is 1. The van der Waals surface area contributed by atoms with E-state index >= 15 is 0 Å². The molecule has 0 N–H and O–H groups in total. The fourth-order valence-electron chi connectivity index (χ4n) is 1.68. The minimum atomic E-state index is -3.52. The van der Waals surface area contributed by atoms with E-state index in [2.05, 4.69) is 4.98 Å². The van der Waals surface area contributed by atoms with Crippen LogP contribution in [0.15, 0.2) is 46.8 Å². The van der Waals surface area contributed by atoms with Crippen LogP contribution in [0.5, 0.6) is 0 Å². The summed E-state index contributed by atoms with van der Waals surface area (Å²) in [5, 5.41) is 2.31. The lowest BCUT2D eigenvalue weighted by molar-refractivity contribution is 0.588. The second-order valence-corrected chi connectivity index (χ2v) is 6.79. The average molecular weight is 296 g/mol. The molecule has 0 fully saturated rings. The Morgan fingerprint density at radius 3 is 2.58 bits per heavy atom. The van der Waals surface area contributed by atoms with Crippen LogP contribution < -0.4 is 4.31 Å². The first-order valence-electron chi connectivity index (χ1n) is 6.13. The molecule has 0 radical (unpaired) electrons. The molecule has 0 unspecified atom stereocenters. The minimum Gasteiger partial charge on any atom is -0.241 e. The molecule has 2 rings (SSSR count). The van der Waals surface area contributed by atoms with Crippen LogP contribution in [0.2, 0.25) is 0 Å². The third-order valence-corrected chi connectivity index (χ3v) is 5.39. The van der Waals surface area contributed by atoms with Crippen LogP contribution in [0.3, 0.4) is 0 Å². The van der Waals surface area contributed by atoms with Crippen LogP contribution in [0.25, 0.3) is 0 Å². The highest BCUT2D eigenvalue weighted by molar-refractivity contribution is 7.93. The molecule has 102 valence electrons. The standard InChI is InChI=1S/C13H16N2O2S2/c1-2-3-10-15(13-14-9-11-18-13)19(16,17)12-7-5-4-6-8-12/h4-9,11H,2-3,10H2,1H3. The smallest absolute Gasteiger partial charge is 0.241 e. The molecule has 0 spiro atoms. The summed E-state index contributed by atoms with van der Waals surface area (Å²) >= 11 is 1.34. The number of anilines is 1. The highest BCUT2D eigenvalue weighted by atomic mass is 32.2. The highest BCUT2D eigenvalue weighted by Crippen LogP contribution is 2.25. The van der Waals surface area contributed by atoms with Gasteiger partial charge in [-0.3, -0.25) is 0 Å². The van der Waals surface area contributed by atoms with E-state index in [-0.39, 0.29) is 0 Å². The number of unbranched alkanes of at least 4 members (excludes halogenated alkanes) is 1. The van der Waals surface area contributed by atoms with Gasteiger partial charge in [-0.2, -0.15) is 0 Å². The lowest BCUT2D eigenvalue weighted by atomic mass is 10.3. The summed E-state index contributed by atoms with van der Waals surface area (Å²) in [6.45, 7) is 2.50. The normalized spacial score (nSPS) is 11.4. The summed E-state index contributed by atoms with van der Waals surface area (Å²) in [7, 11) is -3.52. The van der Waals surface area contributed by atoms with E-state index in [0.717, 1.165) is 12.8 Å². The van der Waals surface area contributed by atoms with Crippen molar-refractivity contribution in [3.8, 4) is 0 Å². The van der Waals surface area contributed by atoms with Crippen molar-refractivity contribution in [1.82, 2.24) is 4.98 Å². The molecule has 19 heavy (non-hydrogen) atoms. The summed E-state index contributed by atoms with van der Waals surface area (Å²) in [5.74, 6) is 0. The number of nitrogens with zero attached hydrogens (tertiary/aromatic N) is 2. The third kappa shape index (κ3) is 3.13. The molecule has 1 aromatic carbocycles. The predicted molar refractivity (Wildman–Crippen MR) is 78.0 cm³/mol. The number of hydrogen-bond donors (Lipinski definition) is 0. The van der Waals surface area contributed by atoms with Gasteiger partial charge < -0.3 is 0 Å². The maximum atomic E-state index is 12.6. The van der Waals surface area contributed by atoms with E-state index in [0.29, 0.717) is 16.6 Å². The van der Waals surface area contributed by atoms with Crippen LogP contribution >= 0.6 is 11.3 Å². The van der Waals surface area contributed by atoms with Gasteiger partial charge in [0.1, 0.15) is 0 Å². The summed E-state index contributed by atoms with van der Waals surface area (Å²) in [5.41, 5.74) is 0. The lowest BCUT2D eigenvalue weighted by Crippen LogP contribution is -2.31. The zero-order valence-electron chi connectivity index (χ0n) is 10.7. The Bertz CT molecular complexity index is 595. The van der Waals surface area contributed by atoms with Crippen LogP contribution in [0.4, 0.5) is 5.13 Å². The van der Waals surface area contributed by atoms with E-state index in [9.17, 15) is 8.42 Å². The fourth-order valence-corrected chi connectivity index (χ4v) is 4.05. The Morgan fingerprint density at radius 1 is 1.26 bits per heavy atom. The van der Waals surface area contributed by atoms with Gasteiger partial charge in [0.25, 0.3) is 10.0 Å².